The Bertz CT molecular complexity index is 1310. The zero-order valence-electron chi connectivity index (χ0n) is 20.1. The number of benzene rings is 1. The average molecular weight is 513 g/mol. The van der Waals surface area contributed by atoms with Crippen LogP contribution < -0.4 is 5.32 Å². The Kier molecular flexibility index (Phi) is 8.15. The van der Waals surface area contributed by atoms with E-state index in [0.717, 1.165) is 42.8 Å². The highest BCUT2D eigenvalue weighted by atomic mass is 19.4. The normalized spacial score (nSPS) is 15.6. The van der Waals surface area contributed by atoms with Gasteiger partial charge in [-0.3, -0.25) is 9.59 Å². The molecule has 0 saturated carbocycles. The van der Waals surface area contributed by atoms with Crippen molar-refractivity contribution in [1.29, 1.82) is 0 Å². The van der Waals surface area contributed by atoms with E-state index >= 15 is 0 Å². The van der Waals surface area contributed by atoms with Crippen LogP contribution in [0.4, 0.5) is 13.2 Å². The molecule has 10 heteroatoms. The second-order valence-electron chi connectivity index (χ2n) is 9.08. The minimum Gasteiger partial charge on any atom is -0.481 e. The standard InChI is InChI=1S/C27H27F3N4O3/c28-27(29,30)20-12-10-17(11-13-20)15-32-26(37)19-14-22-25(31-16-19)34-24(18-6-2-1-3-7-18)21(33-22)8-4-5-9-23(35)36/h1-2,10-14,16,18H,3-9,15H2,(H,32,37)(H,35,36). The number of hydrogen-bond donors (Lipinski definition) is 2. The third-order valence-electron chi connectivity index (χ3n) is 6.33. The maximum atomic E-state index is 12.7. The van der Waals surface area contributed by atoms with E-state index in [2.05, 4.69) is 22.5 Å². The molecule has 1 atom stereocenters. The lowest BCUT2D eigenvalue weighted by Crippen LogP contribution is -2.23. The fourth-order valence-electron chi connectivity index (χ4n) is 4.34. The number of carbonyl (C=O) groups excluding carboxylic acids is 1. The van der Waals surface area contributed by atoms with Crippen LogP contribution in [0.5, 0.6) is 0 Å². The van der Waals surface area contributed by atoms with Gasteiger partial charge in [-0.25, -0.2) is 15.0 Å². The number of carbonyl (C=O) groups is 2. The van der Waals surface area contributed by atoms with Crippen LogP contribution in [0.1, 0.15) is 77.3 Å². The van der Waals surface area contributed by atoms with Gasteiger partial charge in [-0.2, -0.15) is 13.2 Å². The summed E-state index contributed by atoms with van der Waals surface area (Å²) in [4.78, 5) is 37.5. The monoisotopic (exact) mass is 512 g/mol. The molecule has 3 aromatic rings. The first-order chi connectivity index (χ1) is 17.7. The van der Waals surface area contributed by atoms with Crippen LogP contribution in [0.25, 0.3) is 11.2 Å². The predicted molar refractivity (Wildman–Crippen MR) is 131 cm³/mol. The van der Waals surface area contributed by atoms with Gasteiger partial charge in [0.05, 0.1) is 22.5 Å². The van der Waals surface area contributed by atoms with Gasteiger partial charge < -0.3 is 10.4 Å². The number of alkyl halides is 3. The first-order valence-electron chi connectivity index (χ1n) is 12.2. The molecule has 1 unspecified atom stereocenters. The van der Waals surface area contributed by atoms with Crippen molar-refractivity contribution in [1.82, 2.24) is 20.3 Å². The summed E-state index contributed by atoms with van der Waals surface area (Å²) in [6.45, 7) is 0.0592. The third kappa shape index (κ3) is 6.90. The van der Waals surface area contributed by atoms with E-state index in [9.17, 15) is 22.8 Å². The number of carboxylic acids is 1. The quantitative estimate of drug-likeness (QED) is 0.286. The van der Waals surface area contributed by atoms with Gasteiger partial charge in [0.15, 0.2) is 5.65 Å². The first-order valence-corrected chi connectivity index (χ1v) is 12.2. The summed E-state index contributed by atoms with van der Waals surface area (Å²) in [6, 6.07) is 6.21. The Labute approximate surface area is 211 Å². The molecule has 2 aromatic heterocycles. The topological polar surface area (TPSA) is 105 Å². The van der Waals surface area contributed by atoms with Gasteiger partial charge in [-0.05, 0) is 62.3 Å². The fraction of sp³-hybridized carbons (Fsp3) is 0.370. The lowest BCUT2D eigenvalue weighted by atomic mass is 9.89. The van der Waals surface area contributed by atoms with Crippen molar-refractivity contribution in [3.05, 3.63) is 76.8 Å². The molecule has 1 aliphatic carbocycles. The Balaban J connectivity index is 1.51. The van der Waals surface area contributed by atoms with Crippen molar-refractivity contribution < 1.29 is 27.9 Å². The van der Waals surface area contributed by atoms with Crippen LogP contribution in [-0.2, 0) is 23.9 Å². The number of aliphatic carboxylic acids is 1. The van der Waals surface area contributed by atoms with Gasteiger partial charge in [0.1, 0.15) is 5.52 Å². The molecule has 7 nitrogen and oxygen atoms in total. The highest BCUT2D eigenvalue weighted by Crippen LogP contribution is 2.31. The number of amides is 1. The van der Waals surface area contributed by atoms with Gasteiger partial charge in [-0.1, -0.05) is 24.3 Å². The van der Waals surface area contributed by atoms with Crippen LogP contribution in [0, 0.1) is 0 Å². The minimum absolute atomic E-state index is 0.0592. The van der Waals surface area contributed by atoms with Gasteiger partial charge >= 0.3 is 12.1 Å². The number of carboxylic acid groups (broad SMARTS) is 1. The van der Waals surface area contributed by atoms with Gasteiger partial charge in [-0.15, -0.1) is 0 Å². The SMILES string of the molecule is O=C(O)CCCCc1nc2cc(C(=O)NCc3ccc(C(F)(F)F)cc3)cnc2nc1C1CC=CCC1. The van der Waals surface area contributed by atoms with Crippen LogP contribution >= 0.6 is 0 Å². The number of allylic oxidation sites excluding steroid dienone is 2. The molecule has 1 amide bonds. The lowest BCUT2D eigenvalue weighted by Gasteiger charge is -2.20. The zero-order chi connectivity index (χ0) is 26.4. The number of nitrogens with zero attached hydrogens (tertiary/aromatic N) is 3. The van der Waals surface area contributed by atoms with Crippen molar-refractivity contribution in [3.8, 4) is 0 Å². The Morgan fingerprint density at radius 2 is 1.86 bits per heavy atom. The van der Waals surface area contributed by atoms with Crippen molar-refractivity contribution in [2.24, 2.45) is 0 Å². The molecule has 1 aliphatic rings. The molecular weight excluding hydrogens is 485 g/mol. The molecule has 0 fully saturated rings. The highest BCUT2D eigenvalue weighted by molar-refractivity contribution is 5.96. The smallest absolute Gasteiger partial charge is 0.416 e. The summed E-state index contributed by atoms with van der Waals surface area (Å²) in [7, 11) is 0. The largest absolute Gasteiger partial charge is 0.481 e. The van der Waals surface area contributed by atoms with Gasteiger partial charge in [0.25, 0.3) is 5.91 Å². The predicted octanol–water partition coefficient (Wildman–Crippen LogP) is 5.59. The number of fused-ring (bicyclic) bond motifs is 1. The fourth-order valence-corrected chi connectivity index (χ4v) is 4.34. The molecule has 0 radical (unpaired) electrons. The van der Waals surface area contributed by atoms with Gasteiger partial charge in [0.2, 0.25) is 0 Å². The van der Waals surface area contributed by atoms with E-state index in [1.54, 1.807) is 6.07 Å². The molecule has 37 heavy (non-hydrogen) atoms. The van der Waals surface area contributed by atoms with E-state index in [-0.39, 0.29) is 24.4 Å². The number of nitrogens with one attached hydrogen (secondary N) is 1. The molecule has 0 aliphatic heterocycles. The summed E-state index contributed by atoms with van der Waals surface area (Å²) < 4.78 is 38.2. The van der Waals surface area contributed by atoms with E-state index < -0.39 is 23.6 Å². The highest BCUT2D eigenvalue weighted by Gasteiger charge is 2.30. The maximum Gasteiger partial charge on any atom is 0.416 e. The number of aryl methyl sites for hydroxylation is 1. The lowest BCUT2D eigenvalue weighted by molar-refractivity contribution is -0.138. The summed E-state index contributed by atoms with van der Waals surface area (Å²) in [5.74, 6) is -1.05. The molecule has 2 heterocycles. The summed E-state index contributed by atoms with van der Waals surface area (Å²) in [5.41, 5.74) is 2.61. The van der Waals surface area contributed by atoms with E-state index in [4.69, 9.17) is 15.1 Å². The second kappa shape index (κ2) is 11.5. The third-order valence-corrected chi connectivity index (χ3v) is 6.33. The molecule has 1 aromatic carbocycles. The minimum atomic E-state index is -4.41. The van der Waals surface area contributed by atoms with Crippen LogP contribution in [0.2, 0.25) is 0 Å². The van der Waals surface area contributed by atoms with Crippen molar-refractivity contribution in [3.63, 3.8) is 0 Å². The molecule has 194 valence electrons. The molecule has 0 saturated heterocycles. The number of unbranched alkanes of at least 4 members (excludes halogenated alkanes) is 1. The maximum absolute atomic E-state index is 12.7. The Morgan fingerprint density at radius 1 is 1.08 bits per heavy atom. The molecule has 0 bridgehead atoms. The summed E-state index contributed by atoms with van der Waals surface area (Å²) >= 11 is 0. The van der Waals surface area contributed by atoms with Crippen LogP contribution in [-0.4, -0.2) is 31.9 Å². The number of pyridine rings is 1. The van der Waals surface area contributed by atoms with Gasteiger partial charge in [0, 0.05) is 25.1 Å². The van der Waals surface area contributed by atoms with E-state index in [1.165, 1.54) is 18.3 Å². The van der Waals surface area contributed by atoms with E-state index in [1.807, 2.05) is 0 Å². The average Bonchev–Trinajstić information content (AvgIpc) is 2.89. The number of aromatic nitrogens is 3. The Hall–Kier alpha value is -3.82. The molecule has 2 N–H and O–H groups in total. The van der Waals surface area contributed by atoms with Crippen molar-refractivity contribution >= 4 is 23.0 Å². The summed E-state index contributed by atoms with van der Waals surface area (Å²) in [6.07, 6.45) is 5.88. The second-order valence-corrected chi connectivity index (χ2v) is 9.08. The number of hydrogen-bond acceptors (Lipinski definition) is 5. The summed E-state index contributed by atoms with van der Waals surface area (Å²) in [5, 5.41) is 11.6. The Morgan fingerprint density at radius 3 is 2.54 bits per heavy atom. The number of halogens is 3. The number of rotatable bonds is 9. The first kappa shape index (κ1) is 26.2. The molecule has 4 rings (SSSR count). The van der Waals surface area contributed by atoms with Crippen LogP contribution in [0.3, 0.4) is 0 Å². The van der Waals surface area contributed by atoms with Crippen molar-refractivity contribution in [2.75, 3.05) is 0 Å². The molecule has 0 spiro atoms. The zero-order valence-corrected chi connectivity index (χ0v) is 20.1. The molecular formula is C27H27F3N4O3. The van der Waals surface area contributed by atoms with E-state index in [0.29, 0.717) is 36.0 Å². The van der Waals surface area contributed by atoms with Crippen molar-refractivity contribution in [2.45, 2.75) is 63.6 Å². The van der Waals surface area contributed by atoms with Crippen LogP contribution in [0.15, 0.2) is 48.7 Å².